The van der Waals surface area contributed by atoms with Crippen molar-refractivity contribution < 1.29 is 18.0 Å². The van der Waals surface area contributed by atoms with Crippen molar-refractivity contribution in [1.29, 1.82) is 0 Å². The van der Waals surface area contributed by atoms with E-state index in [2.05, 4.69) is 10.2 Å². The zero-order chi connectivity index (χ0) is 21.2. The number of anilines is 1. The third-order valence-corrected chi connectivity index (χ3v) is 7.89. The third kappa shape index (κ3) is 5.04. The van der Waals surface area contributed by atoms with Crippen LogP contribution in [0, 0.1) is 6.92 Å². The van der Waals surface area contributed by atoms with Gasteiger partial charge in [0, 0.05) is 24.4 Å². The molecule has 1 aromatic heterocycles. The van der Waals surface area contributed by atoms with Crippen LogP contribution < -0.4 is 11.1 Å². The number of sulfone groups is 1. The van der Waals surface area contributed by atoms with Crippen LogP contribution in [-0.4, -0.2) is 44.5 Å². The standard InChI is InChI=1S/C20H25N3O4S2/c1-13-5-7-14(8-6-13)29(26,27)11-3-4-17(24)22-20-18(19(21)25)15-9-10-23(2)12-16(15)28-20/h5-8H,3-4,9-12H2,1-2H3,(H2,21,25)(H,22,24). The molecule has 3 rings (SSSR count). The molecule has 0 atom stereocenters. The van der Waals surface area contributed by atoms with Gasteiger partial charge in [0.1, 0.15) is 5.00 Å². The molecule has 2 heterocycles. The topological polar surface area (TPSA) is 110 Å². The molecule has 0 fully saturated rings. The van der Waals surface area contributed by atoms with E-state index in [1.54, 1.807) is 24.3 Å². The van der Waals surface area contributed by atoms with Crippen LogP contribution in [0.3, 0.4) is 0 Å². The molecule has 9 heteroatoms. The summed E-state index contributed by atoms with van der Waals surface area (Å²) in [5.41, 5.74) is 7.84. The molecule has 1 aliphatic heterocycles. The lowest BCUT2D eigenvalue weighted by Gasteiger charge is -2.22. The van der Waals surface area contributed by atoms with Crippen LogP contribution in [0.1, 0.15) is 39.2 Å². The second-order valence-electron chi connectivity index (χ2n) is 7.34. The number of aryl methyl sites for hydroxylation is 1. The molecule has 0 bridgehead atoms. The lowest BCUT2D eigenvalue weighted by atomic mass is 10.0. The van der Waals surface area contributed by atoms with E-state index in [1.807, 2.05) is 14.0 Å². The SMILES string of the molecule is Cc1ccc(S(=O)(=O)CCCC(=O)Nc2sc3c(c2C(N)=O)CCN(C)C3)cc1. The highest BCUT2D eigenvalue weighted by Gasteiger charge is 2.26. The Hall–Kier alpha value is -2.23. The van der Waals surface area contributed by atoms with E-state index in [4.69, 9.17) is 5.73 Å². The molecule has 1 aromatic carbocycles. The van der Waals surface area contributed by atoms with Crippen LogP contribution in [-0.2, 0) is 27.6 Å². The Balaban J connectivity index is 1.63. The van der Waals surface area contributed by atoms with E-state index < -0.39 is 15.7 Å². The quantitative estimate of drug-likeness (QED) is 0.694. The van der Waals surface area contributed by atoms with Crippen LogP contribution in [0.2, 0.25) is 0 Å². The minimum atomic E-state index is -3.43. The molecular weight excluding hydrogens is 410 g/mol. The first-order valence-electron chi connectivity index (χ1n) is 9.39. The lowest BCUT2D eigenvalue weighted by molar-refractivity contribution is -0.116. The number of carbonyl (C=O) groups is 2. The van der Waals surface area contributed by atoms with Crippen LogP contribution in [0.4, 0.5) is 5.00 Å². The molecule has 0 saturated carbocycles. The number of benzene rings is 1. The molecule has 7 nitrogen and oxygen atoms in total. The normalized spacial score (nSPS) is 14.4. The zero-order valence-electron chi connectivity index (χ0n) is 16.5. The molecule has 29 heavy (non-hydrogen) atoms. The van der Waals surface area contributed by atoms with Gasteiger partial charge in [0.05, 0.1) is 16.2 Å². The van der Waals surface area contributed by atoms with Crippen molar-refractivity contribution in [2.45, 2.75) is 37.6 Å². The molecule has 0 spiro atoms. The average Bonchev–Trinajstić information content (AvgIpc) is 2.98. The first-order valence-corrected chi connectivity index (χ1v) is 11.9. The number of nitrogens with one attached hydrogen (secondary N) is 1. The molecule has 156 valence electrons. The van der Waals surface area contributed by atoms with E-state index in [0.29, 0.717) is 23.5 Å². The van der Waals surface area contributed by atoms with Crippen molar-refractivity contribution in [1.82, 2.24) is 4.90 Å². The second-order valence-corrected chi connectivity index (χ2v) is 10.6. The highest BCUT2D eigenvalue weighted by atomic mass is 32.2. The summed E-state index contributed by atoms with van der Waals surface area (Å²) >= 11 is 1.37. The summed E-state index contributed by atoms with van der Waals surface area (Å²) in [5.74, 6) is -0.986. The number of thiophene rings is 1. The fraction of sp³-hybridized carbons (Fsp3) is 0.400. The first-order chi connectivity index (χ1) is 13.7. The second kappa shape index (κ2) is 8.64. The highest BCUT2D eigenvalue weighted by Crippen LogP contribution is 2.36. The van der Waals surface area contributed by atoms with Gasteiger partial charge in [-0.1, -0.05) is 17.7 Å². The fourth-order valence-corrected chi connectivity index (χ4v) is 6.02. The summed E-state index contributed by atoms with van der Waals surface area (Å²) in [7, 11) is -1.43. The van der Waals surface area contributed by atoms with Crippen LogP contribution in [0.25, 0.3) is 0 Å². The molecule has 0 aliphatic carbocycles. The molecule has 3 N–H and O–H groups in total. The number of hydrogen-bond donors (Lipinski definition) is 2. The number of nitrogens with zero attached hydrogens (tertiary/aromatic N) is 1. The molecule has 0 saturated heterocycles. The Morgan fingerprint density at radius 2 is 1.93 bits per heavy atom. The number of likely N-dealkylation sites (N-methyl/N-ethyl adjacent to an activating group) is 1. The van der Waals surface area contributed by atoms with E-state index in [1.165, 1.54) is 11.3 Å². The predicted molar refractivity (Wildman–Crippen MR) is 114 cm³/mol. The smallest absolute Gasteiger partial charge is 0.251 e. The maximum atomic E-state index is 12.4. The largest absolute Gasteiger partial charge is 0.365 e. The molecule has 2 amide bonds. The van der Waals surface area contributed by atoms with Crippen molar-refractivity contribution in [2.75, 3.05) is 24.7 Å². The monoisotopic (exact) mass is 435 g/mol. The fourth-order valence-electron chi connectivity index (χ4n) is 3.36. The Kier molecular flexibility index (Phi) is 6.40. The van der Waals surface area contributed by atoms with Gasteiger partial charge in [0.15, 0.2) is 9.84 Å². The Morgan fingerprint density at radius 3 is 2.59 bits per heavy atom. The molecular formula is C20H25N3O4S2. The number of carbonyl (C=O) groups excluding carboxylic acids is 2. The van der Waals surface area contributed by atoms with Crippen LogP contribution >= 0.6 is 11.3 Å². The van der Waals surface area contributed by atoms with Crippen molar-refractivity contribution in [3.05, 3.63) is 45.8 Å². The van der Waals surface area contributed by atoms with Gasteiger partial charge < -0.3 is 16.0 Å². The minimum absolute atomic E-state index is 0.0474. The van der Waals surface area contributed by atoms with Gasteiger partial charge in [0.25, 0.3) is 5.91 Å². The highest BCUT2D eigenvalue weighted by molar-refractivity contribution is 7.91. The summed E-state index contributed by atoms with van der Waals surface area (Å²) in [6.45, 7) is 3.43. The molecule has 0 unspecified atom stereocenters. The van der Waals surface area contributed by atoms with Gasteiger partial charge in [-0.25, -0.2) is 8.42 Å². The maximum absolute atomic E-state index is 12.4. The summed E-state index contributed by atoms with van der Waals surface area (Å²) in [6.07, 6.45) is 0.957. The van der Waals surface area contributed by atoms with E-state index >= 15 is 0 Å². The van der Waals surface area contributed by atoms with Crippen LogP contribution in [0.5, 0.6) is 0 Å². The first kappa shape index (κ1) is 21.5. The van der Waals surface area contributed by atoms with Crippen molar-refractivity contribution in [3.63, 3.8) is 0 Å². The zero-order valence-corrected chi connectivity index (χ0v) is 18.2. The summed E-state index contributed by atoms with van der Waals surface area (Å²) < 4.78 is 24.8. The lowest BCUT2D eigenvalue weighted by Crippen LogP contribution is -2.27. The van der Waals surface area contributed by atoms with E-state index in [0.717, 1.165) is 22.5 Å². The number of rotatable bonds is 7. The Labute approximate surface area is 174 Å². The van der Waals surface area contributed by atoms with E-state index in [-0.39, 0.29) is 29.4 Å². The van der Waals surface area contributed by atoms with Crippen molar-refractivity contribution in [3.8, 4) is 0 Å². The number of hydrogen-bond acceptors (Lipinski definition) is 6. The Bertz CT molecular complexity index is 1030. The van der Waals surface area contributed by atoms with Gasteiger partial charge >= 0.3 is 0 Å². The predicted octanol–water partition coefficient (Wildman–Crippen LogP) is 2.34. The van der Waals surface area contributed by atoms with Gasteiger partial charge in [-0.2, -0.15) is 0 Å². The number of amides is 2. The summed E-state index contributed by atoms with van der Waals surface area (Å²) in [6, 6.07) is 6.66. The number of nitrogens with two attached hydrogens (primary N) is 1. The van der Waals surface area contributed by atoms with E-state index in [9.17, 15) is 18.0 Å². The van der Waals surface area contributed by atoms with Gasteiger partial charge in [-0.3, -0.25) is 9.59 Å². The summed E-state index contributed by atoms with van der Waals surface area (Å²) in [5, 5.41) is 3.23. The van der Waals surface area contributed by atoms with Gasteiger partial charge in [0.2, 0.25) is 5.91 Å². The average molecular weight is 436 g/mol. The van der Waals surface area contributed by atoms with Gasteiger partial charge in [-0.15, -0.1) is 11.3 Å². The molecule has 2 aromatic rings. The van der Waals surface area contributed by atoms with Crippen molar-refractivity contribution >= 4 is 38.0 Å². The molecule has 1 aliphatic rings. The van der Waals surface area contributed by atoms with Gasteiger partial charge in [-0.05, 0) is 44.5 Å². The summed E-state index contributed by atoms with van der Waals surface area (Å²) in [4.78, 5) is 27.7. The number of primary amides is 1. The number of fused-ring (bicyclic) bond motifs is 1. The van der Waals surface area contributed by atoms with Crippen LogP contribution in [0.15, 0.2) is 29.2 Å². The van der Waals surface area contributed by atoms with Crippen molar-refractivity contribution in [2.24, 2.45) is 5.73 Å². The third-order valence-electron chi connectivity index (χ3n) is 4.94. The minimum Gasteiger partial charge on any atom is -0.365 e. The molecule has 0 radical (unpaired) electrons. The Morgan fingerprint density at radius 1 is 1.24 bits per heavy atom. The maximum Gasteiger partial charge on any atom is 0.251 e.